The highest BCUT2D eigenvalue weighted by Crippen LogP contribution is 2.46. The number of methoxy groups -OCH3 is 1. The zero-order valence-electron chi connectivity index (χ0n) is 10.7. The van der Waals surface area contributed by atoms with E-state index >= 15 is 0 Å². The molecular weight excluding hydrogens is 246 g/mol. The maximum absolute atomic E-state index is 12.6. The Morgan fingerprint density at radius 2 is 2.21 bits per heavy atom. The molecule has 5 heteroatoms. The molecule has 5 nitrogen and oxygen atoms in total. The molecule has 2 heterocycles. The standard InChI is InChI=1S/C14H15NO4/c1-3-6-15-12-5-4-10(17-2)9-11(12)14(13(15)16)18-7-8-19-14/h3-5,9H,1,6-8H2,2H3. The third-order valence-electron chi connectivity index (χ3n) is 3.38. The molecule has 2 aliphatic rings. The normalized spacial score (nSPS) is 19.8. The predicted molar refractivity (Wildman–Crippen MR) is 69.1 cm³/mol. The van der Waals surface area contributed by atoms with Crippen LogP contribution in [0.15, 0.2) is 30.9 Å². The van der Waals surface area contributed by atoms with Crippen LogP contribution in [-0.2, 0) is 20.1 Å². The predicted octanol–water partition coefficient (Wildman–Crippen LogP) is 1.43. The Morgan fingerprint density at radius 1 is 1.47 bits per heavy atom. The van der Waals surface area contributed by atoms with E-state index in [-0.39, 0.29) is 5.91 Å². The number of ether oxygens (including phenoxy) is 3. The van der Waals surface area contributed by atoms with Crippen molar-refractivity contribution in [1.82, 2.24) is 0 Å². The molecule has 0 atom stereocenters. The van der Waals surface area contributed by atoms with E-state index in [1.165, 1.54) is 0 Å². The topological polar surface area (TPSA) is 48.0 Å². The van der Waals surface area contributed by atoms with Gasteiger partial charge in [0, 0.05) is 12.1 Å². The Balaban J connectivity index is 2.15. The first-order valence-electron chi connectivity index (χ1n) is 6.12. The van der Waals surface area contributed by atoms with E-state index in [1.54, 1.807) is 24.2 Å². The van der Waals surface area contributed by atoms with Gasteiger partial charge in [-0.1, -0.05) is 6.08 Å². The maximum Gasteiger partial charge on any atom is 0.292 e. The van der Waals surface area contributed by atoms with E-state index in [1.807, 2.05) is 12.1 Å². The number of nitrogens with zero attached hydrogens (tertiary/aromatic N) is 1. The zero-order chi connectivity index (χ0) is 13.5. The van der Waals surface area contributed by atoms with E-state index in [0.29, 0.717) is 31.1 Å². The number of benzene rings is 1. The third kappa shape index (κ3) is 1.59. The van der Waals surface area contributed by atoms with Crippen LogP contribution in [0.4, 0.5) is 5.69 Å². The average Bonchev–Trinajstić information content (AvgIpc) is 3.01. The number of amides is 1. The first-order chi connectivity index (χ1) is 9.23. The van der Waals surface area contributed by atoms with Crippen LogP contribution in [0.5, 0.6) is 5.75 Å². The summed E-state index contributed by atoms with van der Waals surface area (Å²) in [6.45, 7) is 4.92. The number of anilines is 1. The van der Waals surface area contributed by atoms with Crippen LogP contribution in [0.1, 0.15) is 5.56 Å². The van der Waals surface area contributed by atoms with Crippen LogP contribution < -0.4 is 9.64 Å². The Hall–Kier alpha value is -1.85. The van der Waals surface area contributed by atoms with Crippen molar-refractivity contribution in [1.29, 1.82) is 0 Å². The summed E-state index contributed by atoms with van der Waals surface area (Å²) >= 11 is 0. The van der Waals surface area contributed by atoms with Gasteiger partial charge in [0.2, 0.25) is 0 Å². The summed E-state index contributed by atoms with van der Waals surface area (Å²) in [6, 6.07) is 5.45. The second kappa shape index (κ2) is 4.36. The van der Waals surface area contributed by atoms with Crippen LogP contribution in [0.25, 0.3) is 0 Å². The molecule has 1 spiro atoms. The molecule has 0 bridgehead atoms. The van der Waals surface area contributed by atoms with Gasteiger partial charge in [-0.2, -0.15) is 0 Å². The molecule has 1 saturated heterocycles. The van der Waals surface area contributed by atoms with Gasteiger partial charge in [0.1, 0.15) is 5.75 Å². The van der Waals surface area contributed by atoms with E-state index in [0.717, 1.165) is 5.69 Å². The van der Waals surface area contributed by atoms with Crippen molar-refractivity contribution < 1.29 is 19.0 Å². The van der Waals surface area contributed by atoms with Gasteiger partial charge < -0.3 is 19.1 Å². The number of hydrogen-bond acceptors (Lipinski definition) is 4. The van der Waals surface area contributed by atoms with Gasteiger partial charge in [0.15, 0.2) is 0 Å². The molecular formula is C14H15NO4. The molecule has 1 amide bonds. The molecule has 100 valence electrons. The SMILES string of the molecule is C=CCN1C(=O)C2(OCCO2)c2cc(OC)ccc21. The number of hydrogen-bond donors (Lipinski definition) is 0. The maximum atomic E-state index is 12.6. The zero-order valence-corrected chi connectivity index (χ0v) is 10.7. The largest absolute Gasteiger partial charge is 0.497 e. The number of fused-ring (bicyclic) bond motifs is 2. The van der Waals surface area contributed by atoms with Crippen molar-refractivity contribution in [3.8, 4) is 5.75 Å². The van der Waals surface area contributed by atoms with E-state index in [2.05, 4.69) is 6.58 Å². The smallest absolute Gasteiger partial charge is 0.292 e. The van der Waals surface area contributed by atoms with Crippen molar-refractivity contribution in [3.05, 3.63) is 36.4 Å². The number of carbonyl (C=O) groups is 1. The quantitative estimate of drug-likeness (QED) is 0.772. The van der Waals surface area contributed by atoms with Crippen molar-refractivity contribution in [2.45, 2.75) is 5.79 Å². The van der Waals surface area contributed by atoms with Gasteiger partial charge in [-0.15, -0.1) is 6.58 Å². The lowest BCUT2D eigenvalue weighted by atomic mass is 10.1. The summed E-state index contributed by atoms with van der Waals surface area (Å²) in [5.41, 5.74) is 1.49. The number of rotatable bonds is 3. The van der Waals surface area contributed by atoms with Gasteiger partial charge >= 0.3 is 0 Å². The lowest BCUT2D eigenvalue weighted by molar-refractivity contribution is -0.180. The van der Waals surface area contributed by atoms with Crippen molar-refractivity contribution in [3.63, 3.8) is 0 Å². The highest BCUT2D eigenvalue weighted by atomic mass is 16.7. The minimum absolute atomic E-state index is 0.201. The van der Waals surface area contributed by atoms with Gasteiger partial charge in [-0.3, -0.25) is 4.79 Å². The molecule has 1 aromatic rings. The van der Waals surface area contributed by atoms with Crippen molar-refractivity contribution in [2.75, 3.05) is 31.8 Å². The Morgan fingerprint density at radius 3 is 2.84 bits per heavy atom. The number of carbonyl (C=O) groups excluding carboxylic acids is 1. The van der Waals surface area contributed by atoms with Crippen LogP contribution in [-0.4, -0.2) is 32.8 Å². The summed E-state index contributed by atoms with van der Waals surface area (Å²) in [6.07, 6.45) is 1.68. The molecule has 0 N–H and O–H groups in total. The Bertz CT molecular complexity index is 534. The molecule has 19 heavy (non-hydrogen) atoms. The van der Waals surface area contributed by atoms with Crippen LogP contribution in [0.2, 0.25) is 0 Å². The summed E-state index contributed by atoms with van der Waals surface area (Å²) in [4.78, 5) is 14.2. The van der Waals surface area contributed by atoms with Crippen LogP contribution in [0.3, 0.4) is 0 Å². The minimum Gasteiger partial charge on any atom is -0.497 e. The Labute approximate surface area is 111 Å². The van der Waals surface area contributed by atoms with Crippen molar-refractivity contribution >= 4 is 11.6 Å². The summed E-state index contributed by atoms with van der Waals surface area (Å²) in [5.74, 6) is -0.828. The monoisotopic (exact) mass is 261 g/mol. The molecule has 0 unspecified atom stereocenters. The summed E-state index contributed by atoms with van der Waals surface area (Å²) in [5, 5.41) is 0. The third-order valence-corrected chi connectivity index (χ3v) is 3.38. The molecule has 0 aliphatic carbocycles. The molecule has 0 saturated carbocycles. The van der Waals surface area contributed by atoms with E-state index in [4.69, 9.17) is 14.2 Å². The van der Waals surface area contributed by atoms with Crippen LogP contribution in [0, 0.1) is 0 Å². The van der Waals surface area contributed by atoms with Crippen LogP contribution >= 0.6 is 0 Å². The molecule has 0 aromatic heterocycles. The second-order valence-corrected chi connectivity index (χ2v) is 4.40. The first-order valence-corrected chi connectivity index (χ1v) is 6.12. The molecule has 1 fully saturated rings. The lowest BCUT2D eigenvalue weighted by Crippen LogP contribution is -2.41. The van der Waals surface area contributed by atoms with Gasteiger partial charge in [-0.05, 0) is 18.2 Å². The fourth-order valence-electron chi connectivity index (χ4n) is 2.55. The summed E-state index contributed by atoms with van der Waals surface area (Å²) < 4.78 is 16.4. The highest BCUT2D eigenvalue weighted by Gasteiger charge is 2.55. The fraction of sp³-hybridized carbons (Fsp3) is 0.357. The lowest BCUT2D eigenvalue weighted by Gasteiger charge is -2.21. The fourth-order valence-corrected chi connectivity index (χ4v) is 2.55. The molecule has 0 radical (unpaired) electrons. The van der Waals surface area contributed by atoms with E-state index < -0.39 is 5.79 Å². The molecule has 3 rings (SSSR count). The average molecular weight is 261 g/mol. The minimum atomic E-state index is -1.30. The van der Waals surface area contributed by atoms with E-state index in [9.17, 15) is 4.79 Å². The summed E-state index contributed by atoms with van der Waals surface area (Å²) in [7, 11) is 1.59. The second-order valence-electron chi connectivity index (χ2n) is 4.40. The van der Waals surface area contributed by atoms with Crippen molar-refractivity contribution in [2.24, 2.45) is 0 Å². The highest BCUT2D eigenvalue weighted by molar-refractivity contribution is 6.06. The van der Waals surface area contributed by atoms with Gasteiger partial charge in [0.05, 0.1) is 26.0 Å². The van der Waals surface area contributed by atoms with Gasteiger partial charge in [-0.25, -0.2) is 0 Å². The molecule has 1 aromatic carbocycles. The first kappa shape index (κ1) is 12.2. The Kier molecular flexibility index (Phi) is 2.80. The molecule has 2 aliphatic heterocycles. The van der Waals surface area contributed by atoms with Gasteiger partial charge in [0.25, 0.3) is 11.7 Å².